The van der Waals surface area contributed by atoms with E-state index >= 15 is 0 Å². The van der Waals surface area contributed by atoms with Crippen LogP contribution in [0.25, 0.3) is 38.4 Å². The van der Waals surface area contributed by atoms with Crippen molar-refractivity contribution in [3.8, 4) is 0 Å². The Morgan fingerprint density at radius 3 is 2.38 bits per heavy atom. The summed E-state index contributed by atoms with van der Waals surface area (Å²) in [5.41, 5.74) is 5.36. The van der Waals surface area contributed by atoms with E-state index in [9.17, 15) is 4.57 Å². The lowest BCUT2D eigenvalue weighted by atomic mass is 10.0. The van der Waals surface area contributed by atoms with Crippen LogP contribution in [0.3, 0.4) is 0 Å². The monoisotopic (exact) mass is 358 g/mol. The highest BCUT2D eigenvalue weighted by Crippen LogP contribution is 2.41. The van der Waals surface area contributed by atoms with Crippen molar-refractivity contribution in [3.63, 3.8) is 0 Å². The number of hydrogen-bond acceptors (Lipinski definition) is 2. The van der Waals surface area contributed by atoms with Gasteiger partial charge < -0.3 is 4.57 Å². The molecule has 2 aromatic heterocycles. The molecule has 0 N–H and O–H groups in total. The second-order valence-electron chi connectivity index (χ2n) is 7.39. The lowest BCUT2D eigenvalue weighted by Gasteiger charge is -2.12. The van der Waals surface area contributed by atoms with E-state index in [0.717, 1.165) is 33.1 Å². The summed E-state index contributed by atoms with van der Waals surface area (Å²) in [7, 11) is -2.12. The molecule has 5 aromatic rings. The minimum absolute atomic E-state index is 0.625. The van der Waals surface area contributed by atoms with Crippen molar-refractivity contribution in [1.29, 1.82) is 0 Å². The molecule has 0 amide bonds. The summed E-state index contributed by atoms with van der Waals surface area (Å²) in [5.74, 6) is 0. The fourth-order valence-corrected chi connectivity index (χ4v) is 4.97. The Bertz CT molecular complexity index is 1360. The van der Waals surface area contributed by atoms with Gasteiger partial charge in [-0.1, -0.05) is 42.5 Å². The van der Waals surface area contributed by atoms with Gasteiger partial charge in [0.25, 0.3) is 0 Å². The predicted octanol–water partition coefficient (Wildman–Crippen LogP) is 5.92. The highest BCUT2D eigenvalue weighted by molar-refractivity contribution is 7.61. The Hall–Kier alpha value is -2.64. The summed E-state index contributed by atoms with van der Waals surface area (Å²) in [4.78, 5) is 4.89. The maximum absolute atomic E-state index is 12.3. The van der Waals surface area contributed by atoms with Crippen LogP contribution in [0.2, 0.25) is 0 Å². The fourth-order valence-electron chi connectivity index (χ4n) is 3.90. The van der Waals surface area contributed by atoms with Gasteiger partial charge in [0.1, 0.15) is 5.65 Å². The second-order valence-corrected chi connectivity index (χ2v) is 10.9. The Kier molecular flexibility index (Phi) is 3.26. The minimum Gasteiger partial charge on any atom is -0.324 e. The van der Waals surface area contributed by atoms with E-state index in [1.165, 1.54) is 10.8 Å². The van der Waals surface area contributed by atoms with Crippen molar-refractivity contribution in [2.24, 2.45) is 0 Å². The van der Waals surface area contributed by atoms with E-state index in [0.29, 0.717) is 6.16 Å². The van der Waals surface area contributed by atoms with Crippen LogP contribution in [-0.2, 0) is 10.7 Å². The molecule has 0 saturated heterocycles. The molecular weight excluding hydrogens is 339 g/mol. The van der Waals surface area contributed by atoms with Gasteiger partial charge in [0.05, 0.1) is 23.7 Å². The van der Waals surface area contributed by atoms with Crippen LogP contribution in [0.5, 0.6) is 0 Å². The summed E-state index contributed by atoms with van der Waals surface area (Å²) in [6.07, 6.45) is 0.625. The Morgan fingerprint density at radius 2 is 1.58 bits per heavy atom. The third-order valence-corrected chi connectivity index (χ3v) is 6.01. The van der Waals surface area contributed by atoms with Crippen LogP contribution in [0.4, 0.5) is 0 Å². The summed E-state index contributed by atoms with van der Waals surface area (Å²) in [6.45, 7) is 3.70. The number of hydrogen-bond donors (Lipinski definition) is 0. The predicted molar refractivity (Wildman–Crippen MR) is 111 cm³/mol. The summed E-state index contributed by atoms with van der Waals surface area (Å²) >= 11 is 0. The molecule has 0 aliphatic carbocycles. The molecule has 2 heterocycles. The average molecular weight is 358 g/mol. The van der Waals surface area contributed by atoms with Gasteiger partial charge >= 0.3 is 0 Å². The van der Waals surface area contributed by atoms with Crippen molar-refractivity contribution in [3.05, 3.63) is 72.3 Å². The average Bonchev–Trinajstić information content (AvgIpc) is 3.00. The third kappa shape index (κ3) is 2.35. The molecule has 4 heteroatoms. The number of fused-ring (bicyclic) bond motifs is 8. The molecule has 0 fully saturated rings. The molecule has 0 radical (unpaired) electrons. The smallest absolute Gasteiger partial charge is 0.146 e. The molecule has 3 nitrogen and oxygen atoms in total. The number of nitrogens with zero attached hydrogens (tertiary/aromatic N) is 2. The molecule has 26 heavy (non-hydrogen) atoms. The first-order valence-corrected chi connectivity index (χ1v) is 11.5. The summed E-state index contributed by atoms with van der Waals surface area (Å²) in [5, 5.41) is 3.51. The van der Waals surface area contributed by atoms with Crippen molar-refractivity contribution in [2.45, 2.75) is 6.16 Å². The number of para-hydroxylation sites is 2. The molecule has 0 bridgehead atoms. The van der Waals surface area contributed by atoms with Gasteiger partial charge in [-0.3, -0.25) is 4.40 Å². The molecule has 0 aliphatic rings. The molecule has 0 unspecified atom stereocenters. The molecule has 3 aromatic carbocycles. The molecule has 0 atom stereocenters. The van der Waals surface area contributed by atoms with E-state index in [4.69, 9.17) is 4.98 Å². The zero-order chi connectivity index (χ0) is 17.9. The van der Waals surface area contributed by atoms with Gasteiger partial charge in [-0.05, 0) is 48.5 Å². The standard InChI is InChI=1S/C22H19N2OP/c1-26(2,25)14-15-11-12-20-18(13-15)16-7-3-4-8-17(16)22-23-19-9-5-6-10-21(19)24(20)22/h3-13H,14H2,1-2H3. The van der Waals surface area contributed by atoms with Crippen LogP contribution in [0, 0.1) is 0 Å². The van der Waals surface area contributed by atoms with Crippen molar-refractivity contribution < 1.29 is 4.57 Å². The van der Waals surface area contributed by atoms with E-state index in [-0.39, 0.29) is 0 Å². The highest BCUT2D eigenvalue weighted by atomic mass is 31.2. The Morgan fingerprint density at radius 1 is 0.846 bits per heavy atom. The number of pyridine rings is 1. The van der Waals surface area contributed by atoms with Crippen molar-refractivity contribution in [1.82, 2.24) is 9.38 Å². The number of aromatic nitrogens is 2. The normalized spacial score (nSPS) is 12.5. The summed E-state index contributed by atoms with van der Waals surface area (Å²) < 4.78 is 14.6. The van der Waals surface area contributed by atoms with Crippen LogP contribution < -0.4 is 0 Å². The van der Waals surface area contributed by atoms with Gasteiger partial charge in [0.2, 0.25) is 0 Å². The topological polar surface area (TPSA) is 34.4 Å². The fraction of sp³-hybridized carbons (Fsp3) is 0.136. The Balaban J connectivity index is 1.99. The maximum Gasteiger partial charge on any atom is 0.146 e. The Labute approximate surface area is 151 Å². The minimum atomic E-state index is -2.12. The first kappa shape index (κ1) is 15.6. The zero-order valence-electron chi connectivity index (χ0n) is 14.8. The SMILES string of the molecule is CP(C)(=O)Cc1ccc2c(c1)c1ccccc1c1nc3ccccc3n21. The summed E-state index contributed by atoms with van der Waals surface area (Å²) in [6, 6.07) is 23.1. The van der Waals surface area contributed by atoms with Crippen molar-refractivity contribution in [2.75, 3.05) is 13.3 Å². The first-order chi connectivity index (χ1) is 12.5. The van der Waals surface area contributed by atoms with Gasteiger partial charge in [0, 0.05) is 16.9 Å². The van der Waals surface area contributed by atoms with Crippen LogP contribution in [-0.4, -0.2) is 22.7 Å². The van der Waals surface area contributed by atoms with E-state index in [1.807, 2.05) is 19.4 Å². The third-order valence-electron chi connectivity index (χ3n) is 4.88. The molecule has 5 rings (SSSR count). The van der Waals surface area contributed by atoms with Gasteiger partial charge in [0.15, 0.2) is 0 Å². The van der Waals surface area contributed by atoms with Gasteiger partial charge in [-0.15, -0.1) is 0 Å². The highest BCUT2D eigenvalue weighted by Gasteiger charge is 2.15. The largest absolute Gasteiger partial charge is 0.324 e. The lowest BCUT2D eigenvalue weighted by molar-refractivity contribution is 0.582. The molecular formula is C22H19N2OP. The van der Waals surface area contributed by atoms with E-state index in [2.05, 4.69) is 65.1 Å². The van der Waals surface area contributed by atoms with Crippen LogP contribution >= 0.6 is 7.14 Å². The molecule has 128 valence electrons. The quantitative estimate of drug-likeness (QED) is 0.290. The van der Waals surface area contributed by atoms with Crippen LogP contribution in [0.15, 0.2) is 66.7 Å². The number of rotatable bonds is 2. The molecule has 0 spiro atoms. The van der Waals surface area contributed by atoms with E-state index < -0.39 is 7.14 Å². The van der Waals surface area contributed by atoms with Gasteiger partial charge in [-0.25, -0.2) is 4.98 Å². The molecule has 0 aliphatic heterocycles. The second kappa shape index (κ2) is 5.43. The lowest BCUT2D eigenvalue weighted by Crippen LogP contribution is -1.93. The zero-order valence-corrected chi connectivity index (χ0v) is 15.7. The van der Waals surface area contributed by atoms with Crippen molar-refractivity contribution >= 4 is 45.5 Å². The van der Waals surface area contributed by atoms with E-state index in [1.54, 1.807) is 0 Å². The number of imidazole rings is 1. The molecule has 0 saturated carbocycles. The van der Waals surface area contributed by atoms with Gasteiger partial charge in [-0.2, -0.15) is 0 Å². The first-order valence-electron chi connectivity index (χ1n) is 8.76. The maximum atomic E-state index is 12.3. The number of benzene rings is 3. The van der Waals surface area contributed by atoms with Crippen LogP contribution in [0.1, 0.15) is 5.56 Å².